The van der Waals surface area contributed by atoms with E-state index in [2.05, 4.69) is 5.32 Å². The van der Waals surface area contributed by atoms with Crippen molar-refractivity contribution in [1.82, 2.24) is 5.32 Å². The van der Waals surface area contributed by atoms with Crippen LogP contribution in [-0.2, 0) is 16.1 Å². The molecular weight excluding hydrogens is 278 g/mol. The maximum atomic E-state index is 11.7. The van der Waals surface area contributed by atoms with E-state index >= 15 is 0 Å². The summed E-state index contributed by atoms with van der Waals surface area (Å²) < 4.78 is 5.19. The Kier molecular flexibility index (Phi) is 6.93. The van der Waals surface area contributed by atoms with Gasteiger partial charge in [0.1, 0.15) is 11.0 Å². The van der Waals surface area contributed by atoms with Gasteiger partial charge in [-0.15, -0.1) is 11.8 Å². The molecule has 5 nitrogen and oxygen atoms in total. The molecule has 1 unspecified atom stereocenters. The number of carboxylic acid groups (broad SMARTS) is 1. The quantitative estimate of drug-likeness (QED) is 0.766. The van der Waals surface area contributed by atoms with Gasteiger partial charge in [-0.2, -0.15) is 0 Å². The molecule has 0 aliphatic carbocycles. The van der Waals surface area contributed by atoms with Gasteiger partial charge in [-0.05, 0) is 12.5 Å². The molecule has 6 heteroatoms. The van der Waals surface area contributed by atoms with E-state index in [9.17, 15) is 9.59 Å². The number of hydrogen-bond acceptors (Lipinski definition) is 4. The SMILES string of the molecule is CCC(SCC(=O)NCc1ccccc1OC)C(=O)O. The number of benzene rings is 1. The molecule has 1 aromatic carbocycles. The van der Waals surface area contributed by atoms with Crippen molar-refractivity contribution >= 4 is 23.6 Å². The zero-order valence-corrected chi connectivity index (χ0v) is 12.4. The predicted octanol–water partition coefficient (Wildman–Crippen LogP) is 1.91. The first-order chi connectivity index (χ1) is 9.58. The molecule has 1 aromatic rings. The molecule has 20 heavy (non-hydrogen) atoms. The molecule has 0 saturated heterocycles. The third kappa shape index (κ3) is 5.13. The summed E-state index contributed by atoms with van der Waals surface area (Å²) >= 11 is 1.14. The van der Waals surface area contributed by atoms with Gasteiger partial charge < -0.3 is 15.2 Å². The van der Waals surface area contributed by atoms with Crippen molar-refractivity contribution in [3.05, 3.63) is 29.8 Å². The number of ether oxygens (including phenoxy) is 1. The normalized spacial score (nSPS) is 11.7. The van der Waals surface area contributed by atoms with E-state index in [1.54, 1.807) is 14.0 Å². The van der Waals surface area contributed by atoms with E-state index in [0.29, 0.717) is 13.0 Å². The topological polar surface area (TPSA) is 75.6 Å². The number of rotatable bonds is 8. The third-order valence-electron chi connectivity index (χ3n) is 2.73. The summed E-state index contributed by atoms with van der Waals surface area (Å²) in [5.74, 6) is -0.201. The summed E-state index contributed by atoms with van der Waals surface area (Å²) in [6.45, 7) is 2.16. The Bertz CT molecular complexity index is 464. The first-order valence-electron chi connectivity index (χ1n) is 6.31. The molecule has 0 fully saturated rings. The molecule has 0 bridgehead atoms. The monoisotopic (exact) mass is 297 g/mol. The number of nitrogens with one attached hydrogen (secondary N) is 1. The molecule has 1 atom stereocenters. The van der Waals surface area contributed by atoms with Gasteiger partial charge in [0, 0.05) is 12.1 Å². The minimum absolute atomic E-state index is 0.139. The van der Waals surface area contributed by atoms with E-state index in [-0.39, 0.29) is 11.7 Å². The van der Waals surface area contributed by atoms with Crippen LogP contribution in [0.3, 0.4) is 0 Å². The number of para-hydroxylation sites is 1. The lowest BCUT2D eigenvalue weighted by molar-refractivity contribution is -0.136. The molecule has 110 valence electrons. The fourth-order valence-electron chi connectivity index (χ4n) is 1.63. The second-order valence-electron chi connectivity index (χ2n) is 4.13. The Balaban J connectivity index is 2.42. The van der Waals surface area contributed by atoms with Gasteiger partial charge >= 0.3 is 5.97 Å². The molecule has 1 rings (SSSR count). The molecular formula is C14H19NO4S. The van der Waals surface area contributed by atoms with E-state index in [0.717, 1.165) is 23.1 Å². The largest absolute Gasteiger partial charge is 0.496 e. The van der Waals surface area contributed by atoms with E-state index in [1.165, 1.54) is 0 Å². The molecule has 0 aliphatic rings. The Morgan fingerprint density at radius 1 is 1.40 bits per heavy atom. The van der Waals surface area contributed by atoms with Crippen LogP contribution in [0.4, 0.5) is 0 Å². The van der Waals surface area contributed by atoms with Crippen molar-refractivity contribution in [2.24, 2.45) is 0 Å². The number of carbonyl (C=O) groups excluding carboxylic acids is 1. The number of amides is 1. The summed E-state index contributed by atoms with van der Waals surface area (Å²) in [6.07, 6.45) is 0.500. The van der Waals surface area contributed by atoms with Crippen LogP contribution in [0.25, 0.3) is 0 Å². The molecule has 0 spiro atoms. The van der Waals surface area contributed by atoms with Crippen LogP contribution in [-0.4, -0.2) is 35.1 Å². The lowest BCUT2D eigenvalue weighted by atomic mass is 10.2. The zero-order chi connectivity index (χ0) is 15.0. The zero-order valence-electron chi connectivity index (χ0n) is 11.6. The van der Waals surface area contributed by atoms with Crippen LogP contribution in [0.15, 0.2) is 24.3 Å². The maximum Gasteiger partial charge on any atom is 0.316 e. The average molecular weight is 297 g/mol. The summed E-state index contributed by atoms with van der Waals surface area (Å²) in [6, 6.07) is 7.43. The highest BCUT2D eigenvalue weighted by Gasteiger charge is 2.17. The predicted molar refractivity (Wildman–Crippen MR) is 79.0 cm³/mol. The minimum atomic E-state index is -0.880. The maximum absolute atomic E-state index is 11.7. The summed E-state index contributed by atoms with van der Waals surface area (Å²) in [5, 5.41) is 11.1. The first-order valence-corrected chi connectivity index (χ1v) is 7.36. The molecule has 0 heterocycles. The summed E-state index contributed by atoms with van der Waals surface area (Å²) in [4.78, 5) is 22.5. The average Bonchev–Trinajstić information content (AvgIpc) is 2.45. The second-order valence-corrected chi connectivity index (χ2v) is 5.33. The fraction of sp³-hybridized carbons (Fsp3) is 0.429. The Morgan fingerprint density at radius 2 is 2.10 bits per heavy atom. The van der Waals surface area contributed by atoms with E-state index in [4.69, 9.17) is 9.84 Å². The minimum Gasteiger partial charge on any atom is -0.496 e. The van der Waals surface area contributed by atoms with Crippen LogP contribution >= 0.6 is 11.8 Å². The Hall–Kier alpha value is -1.69. The summed E-state index contributed by atoms with van der Waals surface area (Å²) in [7, 11) is 1.58. The van der Waals surface area contributed by atoms with Crippen LogP contribution in [0.2, 0.25) is 0 Å². The van der Waals surface area contributed by atoms with E-state index < -0.39 is 11.2 Å². The van der Waals surface area contributed by atoms with Crippen molar-refractivity contribution in [2.75, 3.05) is 12.9 Å². The number of thioether (sulfide) groups is 1. The molecule has 0 aliphatic heterocycles. The van der Waals surface area contributed by atoms with Crippen LogP contribution in [0.1, 0.15) is 18.9 Å². The third-order valence-corrected chi connectivity index (χ3v) is 4.10. The highest BCUT2D eigenvalue weighted by Crippen LogP contribution is 2.17. The van der Waals surface area contributed by atoms with Crippen molar-refractivity contribution in [3.63, 3.8) is 0 Å². The van der Waals surface area contributed by atoms with Gasteiger partial charge in [-0.1, -0.05) is 25.1 Å². The second kappa shape index (κ2) is 8.47. The molecule has 0 saturated carbocycles. The van der Waals surface area contributed by atoms with Crippen LogP contribution < -0.4 is 10.1 Å². The number of methoxy groups -OCH3 is 1. The van der Waals surface area contributed by atoms with Crippen molar-refractivity contribution < 1.29 is 19.4 Å². The van der Waals surface area contributed by atoms with Gasteiger partial charge in [-0.25, -0.2) is 0 Å². The van der Waals surface area contributed by atoms with Crippen molar-refractivity contribution in [1.29, 1.82) is 0 Å². The molecule has 1 amide bonds. The summed E-state index contributed by atoms with van der Waals surface area (Å²) in [5.41, 5.74) is 0.888. The van der Waals surface area contributed by atoms with Crippen molar-refractivity contribution in [2.45, 2.75) is 25.1 Å². The lowest BCUT2D eigenvalue weighted by Gasteiger charge is -2.11. The van der Waals surface area contributed by atoms with Gasteiger partial charge in [0.05, 0.1) is 12.9 Å². The lowest BCUT2D eigenvalue weighted by Crippen LogP contribution is -2.27. The fourth-order valence-corrected chi connectivity index (χ4v) is 2.47. The van der Waals surface area contributed by atoms with Crippen LogP contribution in [0, 0.1) is 0 Å². The smallest absolute Gasteiger partial charge is 0.316 e. The van der Waals surface area contributed by atoms with Gasteiger partial charge in [-0.3, -0.25) is 9.59 Å². The van der Waals surface area contributed by atoms with Gasteiger partial charge in [0.2, 0.25) is 5.91 Å². The Morgan fingerprint density at radius 3 is 2.70 bits per heavy atom. The molecule has 0 radical (unpaired) electrons. The standard InChI is InChI=1S/C14H19NO4S/c1-3-12(14(17)18)20-9-13(16)15-8-10-6-4-5-7-11(10)19-2/h4-7,12H,3,8-9H2,1-2H3,(H,15,16)(H,17,18). The number of aliphatic carboxylic acids is 1. The van der Waals surface area contributed by atoms with Crippen LogP contribution in [0.5, 0.6) is 5.75 Å². The molecule has 2 N–H and O–H groups in total. The highest BCUT2D eigenvalue weighted by molar-refractivity contribution is 8.01. The van der Waals surface area contributed by atoms with E-state index in [1.807, 2.05) is 24.3 Å². The number of carbonyl (C=O) groups is 2. The van der Waals surface area contributed by atoms with Gasteiger partial charge in [0.25, 0.3) is 0 Å². The highest BCUT2D eigenvalue weighted by atomic mass is 32.2. The van der Waals surface area contributed by atoms with Crippen molar-refractivity contribution in [3.8, 4) is 5.75 Å². The molecule has 0 aromatic heterocycles. The van der Waals surface area contributed by atoms with Gasteiger partial charge in [0.15, 0.2) is 0 Å². The Labute approximate surface area is 122 Å². The first kappa shape index (κ1) is 16.4. The number of carboxylic acids is 1. The number of hydrogen-bond donors (Lipinski definition) is 2.